The van der Waals surface area contributed by atoms with Crippen LogP contribution in [0.2, 0.25) is 0 Å². The van der Waals surface area contributed by atoms with Gasteiger partial charge in [-0.1, -0.05) is 6.07 Å². The molecule has 0 aromatic heterocycles. The Morgan fingerprint density at radius 2 is 1.90 bits per heavy atom. The lowest BCUT2D eigenvalue weighted by molar-refractivity contribution is -0.121. The van der Waals surface area contributed by atoms with E-state index in [4.69, 9.17) is 9.47 Å². The van der Waals surface area contributed by atoms with Crippen LogP contribution in [0.3, 0.4) is 0 Å². The highest BCUT2D eigenvalue weighted by atomic mass is 19.1. The molecule has 6 rings (SSSR count). The van der Waals surface area contributed by atoms with Crippen LogP contribution in [-0.2, 0) is 25.5 Å². The zero-order valence-electron chi connectivity index (χ0n) is 22.5. The molecular weight excluding hydrogens is 527 g/mol. The Balaban J connectivity index is 1.32. The average molecular weight is 557 g/mol. The van der Waals surface area contributed by atoms with Crippen molar-refractivity contribution in [1.82, 2.24) is 5.32 Å². The highest BCUT2D eigenvalue weighted by Gasteiger charge is 2.31. The zero-order valence-corrected chi connectivity index (χ0v) is 22.5. The minimum atomic E-state index is -0.509. The number of anilines is 3. The first-order valence-electron chi connectivity index (χ1n) is 13.5. The molecule has 0 aliphatic carbocycles. The fourth-order valence-electron chi connectivity index (χ4n) is 5.50. The van der Waals surface area contributed by atoms with Gasteiger partial charge < -0.3 is 30.3 Å². The molecule has 1 unspecified atom stereocenters. The third kappa shape index (κ3) is 5.31. The van der Waals surface area contributed by atoms with E-state index >= 15 is 0 Å². The van der Waals surface area contributed by atoms with E-state index in [9.17, 15) is 18.8 Å². The maximum atomic E-state index is 13.8. The lowest BCUT2D eigenvalue weighted by Crippen LogP contribution is -2.42. The fraction of sp³-hybridized carbons (Fsp3) is 0.258. The summed E-state index contributed by atoms with van der Waals surface area (Å²) < 4.78 is 24.3. The fourth-order valence-corrected chi connectivity index (χ4v) is 5.50. The Hall–Kier alpha value is -4.54. The normalized spacial score (nSPS) is 18.8. The summed E-state index contributed by atoms with van der Waals surface area (Å²) in [6.45, 7) is 2.65. The number of amides is 2. The predicted molar refractivity (Wildman–Crippen MR) is 153 cm³/mol. The van der Waals surface area contributed by atoms with Crippen LogP contribution in [0, 0.1) is 5.82 Å². The van der Waals surface area contributed by atoms with Crippen molar-refractivity contribution < 1.29 is 28.2 Å². The van der Waals surface area contributed by atoms with Crippen molar-refractivity contribution in [2.45, 2.75) is 18.9 Å². The molecular formula is C31H29FN4O5. The molecule has 1 atom stereocenters. The maximum Gasteiger partial charge on any atom is 0.337 e. The molecule has 1 fully saturated rings. The number of nitrogens with one attached hydrogen (secondary N) is 3. The number of hydrogen-bond acceptors (Lipinski definition) is 7. The molecule has 2 amide bonds. The van der Waals surface area contributed by atoms with Crippen molar-refractivity contribution in [2.24, 2.45) is 0 Å². The van der Waals surface area contributed by atoms with Crippen LogP contribution in [0.4, 0.5) is 21.5 Å². The molecule has 0 saturated carbocycles. The second kappa shape index (κ2) is 11.1. The first-order valence-corrected chi connectivity index (χ1v) is 13.5. The number of carbonyl (C=O) groups excluding carboxylic acids is 3. The van der Waals surface area contributed by atoms with Gasteiger partial charge in [-0.25, -0.2) is 9.18 Å². The summed E-state index contributed by atoms with van der Waals surface area (Å²) in [4.78, 5) is 40.2. The van der Waals surface area contributed by atoms with Crippen LogP contribution < -0.4 is 20.9 Å². The Labute approximate surface area is 236 Å². The van der Waals surface area contributed by atoms with Gasteiger partial charge in [-0.3, -0.25) is 9.59 Å². The number of fused-ring (bicyclic) bond motifs is 2. The van der Waals surface area contributed by atoms with E-state index in [0.717, 1.165) is 23.5 Å². The molecule has 3 aromatic carbocycles. The number of methoxy groups -OCH3 is 1. The van der Waals surface area contributed by atoms with Gasteiger partial charge in [-0.2, -0.15) is 0 Å². The largest absolute Gasteiger partial charge is 0.465 e. The van der Waals surface area contributed by atoms with Gasteiger partial charge in [0, 0.05) is 36.6 Å². The van der Waals surface area contributed by atoms with Crippen LogP contribution in [0.15, 0.2) is 60.7 Å². The molecule has 3 aliphatic heterocycles. The summed E-state index contributed by atoms with van der Waals surface area (Å²) in [5.74, 6) is -1.23. The maximum absolute atomic E-state index is 13.8. The zero-order chi connectivity index (χ0) is 28.5. The van der Waals surface area contributed by atoms with Crippen LogP contribution in [0.1, 0.15) is 33.5 Å². The van der Waals surface area contributed by atoms with E-state index < -0.39 is 11.8 Å². The van der Waals surface area contributed by atoms with Gasteiger partial charge in [-0.15, -0.1) is 0 Å². The highest BCUT2D eigenvalue weighted by molar-refractivity contribution is 6.37. The number of morpholine rings is 1. The summed E-state index contributed by atoms with van der Waals surface area (Å²) in [6.07, 6.45) is 0.886. The molecule has 0 spiro atoms. The van der Waals surface area contributed by atoms with Crippen LogP contribution in [0.5, 0.6) is 0 Å². The Morgan fingerprint density at radius 3 is 2.66 bits per heavy atom. The van der Waals surface area contributed by atoms with Crippen molar-refractivity contribution in [3.05, 3.63) is 88.7 Å². The van der Waals surface area contributed by atoms with E-state index in [2.05, 4.69) is 16.0 Å². The topological polar surface area (TPSA) is 109 Å². The molecule has 3 aliphatic rings. The Kier molecular flexibility index (Phi) is 7.25. The second-order valence-corrected chi connectivity index (χ2v) is 10.1. The summed E-state index contributed by atoms with van der Waals surface area (Å²) in [7, 11) is 1.30. The molecule has 3 heterocycles. The van der Waals surface area contributed by atoms with E-state index in [0.29, 0.717) is 66.2 Å². The first-order chi connectivity index (χ1) is 19.9. The van der Waals surface area contributed by atoms with Gasteiger partial charge in [0.15, 0.2) is 0 Å². The molecule has 3 N–H and O–H groups in total. The Bertz CT molecular complexity index is 1560. The first kappa shape index (κ1) is 26.7. The number of rotatable bonds is 6. The minimum absolute atomic E-state index is 0.0258. The molecule has 210 valence electrons. The smallest absolute Gasteiger partial charge is 0.337 e. The summed E-state index contributed by atoms with van der Waals surface area (Å²) in [5, 5.41) is 9.48. The van der Waals surface area contributed by atoms with Crippen molar-refractivity contribution in [1.29, 1.82) is 0 Å². The molecule has 10 heteroatoms. The van der Waals surface area contributed by atoms with Crippen LogP contribution >= 0.6 is 0 Å². The predicted octanol–water partition coefficient (Wildman–Crippen LogP) is 3.81. The number of nitrogens with zero attached hydrogens (tertiary/aromatic N) is 1. The average Bonchev–Trinajstić information content (AvgIpc) is 3.56. The summed E-state index contributed by atoms with van der Waals surface area (Å²) in [6, 6.07) is 16.5. The van der Waals surface area contributed by atoms with Crippen LogP contribution in [0.25, 0.3) is 11.3 Å². The molecule has 9 nitrogen and oxygen atoms in total. The molecule has 3 aromatic rings. The quantitative estimate of drug-likeness (QED) is 0.313. The van der Waals surface area contributed by atoms with E-state index in [1.54, 1.807) is 35.2 Å². The van der Waals surface area contributed by atoms with E-state index in [-0.39, 0.29) is 17.9 Å². The van der Waals surface area contributed by atoms with Crippen molar-refractivity contribution in [3.8, 4) is 0 Å². The monoisotopic (exact) mass is 556 g/mol. The molecule has 1 saturated heterocycles. The molecule has 0 radical (unpaired) electrons. The third-order valence-electron chi connectivity index (χ3n) is 7.52. The standard InChI is InChI=1S/C31H29FN4O5/c1-40-31(39)20-4-8-24-25(15-20)35-30(38)28(24)29(18-2-5-21(32)6-3-18)34-22-7-9-26-19(14-22)10-12-36(26)27(37)16-23-17-33-11-13-41-23/h2-9,14-15,23,33-34H,10-13,16-17H2,1H3,(H,35,38)/b29-28-. The van der Waals surface area contributed by atoms with Gasteiger partial charge in [0.25, 0.3) is 5.91 Å². The van der Waals surface area contributed by atoms with Gasteiger partial charge in [-0.05, 0) is 72.1 Å². The number of carbonyl (C=O) groups is 3. The summed E-state index contributed by atoms with van der Waals surface area (Å²) >= 11 is 0. The van der Waals surface area contributed by atoms with E-state index in [1.807, 2.05) is 18.2 Å². The number of esters is 1. The second-order valence-electron chi connectivity index (χ2n) is 10.1. The number of benzene rings is 3. The lowest BCUT2D eigenvalue weighted by Gasteiger charge is -2.25. The van der Waals surface area contributed by atoms with Gasteiger partial charge >= 0.3 is 5.97 Å². The van der Waals surface area contributed by atoms with Gasteiger partial charge in [0.2, 0.25) is 5.91 Å². The SMILES string of the molecule is COC(=O)c1ccc2c(c1)NC(=O)/C2=C(\Nc1ccc2c(c1)CCN2C(=O)CC1CNCCO1)c1ccc(F)cc1. The number of hydrogen-bond donors (Lipinski definition) is 3. The number of ether oxygens (including phenoxy) is 2. The van der Waals surface area contributed by atoms with Crippen molar-refractivity contribution in [2.75, 3.05) is 48.9 Å². The Morgan fingerprint density at radius 1 is 1.10 bits per heavy atom. The lowest BCUT2D eigenvalue weighted by atomic mass is 9.98. The molecule has 0 bridgehead atoms. The van der Waals surface area contributed by atoms with Gasteiger partial charge in [0.05, 0.1) is 48.8 Å². The van der Waals surface area contributed by atoms with Gasteiger partial charge in [0.1, 0.15) is 5.82 Å². The minimum Gasteiger partial charge on any atom is -0.465 e. The van der Waals surface area contributed by atoms with Crippen molar-refractivity contribution >= 4 is 46.1 Å². The van der Waals surface area contributed by atoms with Crippen molar-refractivity contribution in [3.63, 3.8) is 0 Å². The van der Waals surface area contributed by atoms with Crippen LogP contribution in [-0.4, -0.2) is 57.2 Å². The van der Waals surface area contributed by atoms with E-state index in [1.165, 1.54) is 19.2 Å². The summed E-state index contributed by atoms with van der Waals surface area (Å²) in [5.41, 5.74) is 5.45. The molecule has 41 heavy (non-hydrogen) atoms. The number of halogens is 1. The highest BCUT2D eigenvalue weighted by Crippen LogP contribution is 2.39. The third-order valence-corrected chi connectivity index (χ3v) is 7.52.